The van der Waals surface area contributed by atoms with Crippen LogP contribution < -0.4 is 20.8 Å². The van der Waals surface area contributed by atoms with E-state index < -0.39 is 38.8 Å². The molecule has 15 heteroatoms. The quantitative estimate of drug-likeness (QED) is 0.471. The van der Waals surface area contributed by atoms with Gasteiger partial charge in [-0.05, 0) is 25.8 Å². The summed E-state index contributed by atoms with van der Waals surface area (Å²) in [5, 5.41) is 16.7. The Morgan fingerprint density at radius 1 is 1.31 bits per heavy atom. The predicted molar refractivity (Wildman–Crippen MR) is 130 cm³/mol. The van der Waals surface area contributed by atoms with E-state index in [1.165, 1.54) is 17.6 Å². The summed E-state index contributed by atoms with van der Waals surface area (Å²) in [5.41, 5.74) is 4.72. The predicted octanol–water partition coefficient (Wildman–Crippen LogP) is 1.52. The highest BCUT2D eigenvalue weighted by molar-refractivity contribution is 7.91. The van der Waals surface area contributed by atoms with E-state index >= 15 is 4.39 Å². The molecule has 0 radical (unpaired) electrons. The van der Waals surface area contributed by atoms with Gasteiger partial charge in [-0.25, -0.2) is 17.6 Å². The number of rotatable bonds is 6. The van der Waals surface area contributed by atoms with Gasteiger partial charge in [-0.15, -0.1) is 10.2 Å². The summed E-state index contributed by atoms with van der Waals surface area (Å²) < 4.78 is 50.0. The van der Waals surface area contributed by atoms with Crippen LogP contribution in [0.2, 0.25) is 0 Å². The van der Waals surface area contributed by atoms with Crippen molar-refractivity contribution < 1.29 is 27.4 Å². The number of aromatic nitrogens is 3. The number of piperazine rings is 1. The first-order chi connectivity index (χ1) is 17.0. The normalized spacial score (nSPS) is 19.1. The molecule has 1 aliphatic heterocycles. The molecule has 36 heavy (non-hydrogen) atoms. The highest BCUT2D eigenvalue weighted by Gasteiger charge is 2.38. The molecule has 3 N–H and O–H groups in total. The minimum atomic E-state index is -3.94. The third-order valence-electron chi connectivity index (χ3n) is 6.41. The summed E-state index contributed by atoms with van der Waals surface area (Å²) in [5.74, 6) is -2.05. The third kappa shape index (κ3) is 3.87. The molecule has 0 spiro atoms. The second-order valence-electron chi connectivity index (χ2n) is 8.77. The maximum Gasteiger partial charge on any atom is 0.341 e. The van der Waals surface area contributed by atoms with E-state index in [9.17, 15) is 23.1 Å². The number of anilines is 2. The van der Waals surface area contributed by atoms with E-state index in [1.54, 1.807) is 16.4 Å². The number of hydrogen-bond acceptors (Lipinski definition) is 10. The highest BCUT2D eigenvalue weighted by atomic mass is 32.2. The van der Waals surface area contributed by atoms with Crippen LogP contribution in [0.5, 0.6) is 5.75 Å². The lowest BCUT2D eigenvalue weighted by Gasteiger charge is -2.40. The Morgan fingerprint density at radius 3 is 2.58 bits per heavy atom. The molecule has 0 bridgehead atoms. The van der Waals surface area contributed by atoms with Crippen LogP contribution in [0.25, 0.3) is 10.9 Å². The van der Waals surface area contributed by atoms with Gasteiger partial charge in [0.05, 0.1) is 18.0 Å². The van der Waals surface area contributed by atoms with Gasteiger partial charge in [-0.2, -0.15) is 4.31 Å². The number of hydrogen-bond donors (Lipinski definition) is 2. The molecule has 1 aromatic carbocycles. The molecule has 5 rings (SSSR count). The molecular weight excluding hydrogens is 515 g/mol. The molecule has 2 fully saturated rings. The zero-order chi connectivity index (χ0) is 25.9. The molecule has 1 aliphatic carbocycles. The number of methoxy groups -OCH3 is 1. The summed E-state index contributed by atoms with van der Waals surface area (Å²) >= 11 is 0.770. The van der Waals surface area contributed by atoms with E-state index in [2.05, 4.69) is 10.2 Å². The number of nitrogen functional groups attached to an aromatic ring is 1. The Balaban J connectivity index is 1.58. The van der Waals surface area contributed by atoms with Crippen LogP contribution in [0, 0.1) is 5.82 Å². The van der Waals surface area contributed by atoms with E-state index in [0.717, 1.165) is 30.2 Å². The van der Waals surface area contributed by atoms with Crippen LogP contribution in [-0.2, 0) is 10.0 Å². The molecule has 0 amide bonds. The van der Waals surface area contributed by atoms with Crippen molar-refractivity contribution in [2.24, 2.45) is 0 Å². The summed E-state index contributed by atoms with van der Waals surface area (Å²) in [7, 11) is -2.58. The standard InChI is InChI=1S/C21H23FN6O6S2/c1-10-8-26(5-6-28(10)36(32,33)21-25-24-20(23)35-21)16-14(22)7-12-15(18(16)34-2)27(11-3-4-11)9-13(17(12)29)19(30)31/h7,9-11H,3-6,8H2,1-2H3,(H2,23,24)(H,30,31). The Labute approximate surface area is 208 Å². The monoisotopic (exact) mass is 538 g/mol. The number of aromatic carboxylic acids is 1. The van der Waals surface area contributed by atoms with Crippen molar-refractivity contribution in [2.75, 3.05) is 37.4 Å². The van der Waals surface area contributed by atoms with Gasteiger partial charge in [0.25, 0.3) is 10.0 Å². The average Bonchev–Trinajstić information content (AvgIpc) is 3.57. The van der Waals surface area contributed by atoms with Crippen LogP contribution in [0.1, 0.15) is 36.2 Å². The number of nitrogens with zero attached hydrogens (tertiary/aromatic N) is 5. The fraction of sp³-hybridized carbons (Fsp3) is 0.429. The Morgan fingerprint density at radius 2 is 2.03 bits per heavy atom. The van der Waals surface area contributed by atoms with Gasteiger partial charge in [0.15, 0.2) is 11.6 Å². The maximum atomic E-state index is 15.6. The van der Waals surface area contributed by atoms with Crippen LogP contribution in [0.15, 0.2) is 21.4 Å². The smallest absolute Gasteiger partial charge is 0.341 e. The molecule has 2 aromatic heterocycles. The number of halogens is 1. The van der Waals surface area contributed by atoms with Crippen molar-refractivity contribution in [1.82, 2.24) is 19.1 Å². The lowest BCUT2D eigenvalue weighted by molar-refractivity contribution is 0.0694. The molecule has 2 aliphatic rings. The van der Waals surface area contributed by atoms with Gasteiger partial charge in [-0.1, -0.05) is 11.3 Å². The fourth-order valence-corrected chi connectivity index (χ4v) is 7.16. The second kappa shape index (κ2) is 8.67. The van der Waals surface area contributed by atoms with E-state index in [1.807, 2.05) is 0 Å². The van der Waals surface area contributed by atoms with Crippen molar-refractivity contribution in [3.8, 4) is 5.75 Å². The lowest BCUT2D eigenvalue weighted by Crippen LogP contribution is -2.54. The summed E-state index contributed by atoms with van der Waals surface area (Å²) in [6.07, 6.45) is 2.86. The van der Waals surface area contributed by atoms with Crippen molar-refractivity contribution in [1.29, 1.82) is 0 Å². The van der Waals surface area contributed by atoms with Crippen molar-refractivity contribution >= 4 is 49.1 Å². The SMILES string of the molecule is COc1c(N2CCN(S(=O)(=O)c3nnc(N)s3)C(C)C2)c(F)cc2c(=O)c(C(=O)O)cn(C3CC3)c12. The van der Waals surface area contributed by atoms with E-state index in [-0.39, 0.29) is 52.0 Å². The number of ether oxygens (including phenoxy) is 1. The topological polar surface area (TPSA) is 161 Å². The molecule has 3 aromatic rings. The van der Waals surface area contributed by atoms with Crippen LogP contribution in [0.3, 0.4) is 0 Å². The molecule has 1 atom stereocenters. The molecule has 1 saturated heterocycles. The van der Waals surface area contributed by atoms with E-state index in [4.69, 9.17) is 10.5 Å². The first kappa shape index (κ1) is 24.4. The highest BCUT2D eigenvalue weighted by Crippen LogP contribution is 2.44. The number of carbonyl (C=O) groups is 1. The van der Waals surface area contributed by atoms with Crippen molar-refractivity contribution in [2.45, 2.75) is 36.2 Å². The zero-order valence-electron chi connectivity index (χ0n) is 19.3. The first-order valence-electron chi connectivity index (χ1n) is 11.1. The number of benzene rings is 1. The first-order valence-corrected chi connectivity index (χ1v) is 13.3. The van der Waals surface area contributed by atoms with Crippen LogP contribution in [0.4, 0.5) is 15.2 Å². The molecule has 3 heterocycles. The Kier molecular flexibility index (Phi) is 5.88. The van der Waals surface area contributed by atoms with Gasteiger partial charge in [0, 0.05) is 37.9 Å². The number of fused-ring (bicyclic) bond motifs is 1. The summed E-state index contributed by atoms with van der Waals surface area (Å²) in [6.45, 7) is 2.00. The third-order valence-corrected chi connectivity index (χ3v) is 9.52. The Hall–Kier alpha value is -3.30. The number of pyridine rings is 1. The molecule has 1 unspecified atom stereocenters. The summed E-state index contributed by atoms with van der Waals surface area (Å²) in [6, 6.07) is 0.450. The van der Waals surface area contributed by atoms with Gasteiger partial charge in [0.2, 0.25) is 14.9 Å². The number of carboxylic acid groups (broad SMARTS) is 1. The van der Waals surface area contributed by atoms with E-state index in [0.29, 0.717) is 5.52 Å². The minimum absolute atomic E-state index is 0.0290. The maximum absolute atomic E-state index is 15.6. The number of sulfonamides is 1. The lowest BCUT2D eigenvalue weighted by atomic mass is 10.1. The largest absolute Gasteiger partial charge is 0.492 e. The van der Waals surface area contributed by atoms with Crippen molar-refractivity contribution in [3.05, 3.63) is 33.9 Å². The fourth-order valence-electron chi connectivity index (χ4n) is 4.65. The molecule has 1 saturated carbocycles. The molecular formula is C21H23FN6O6S2. The van der Waals surface area contributed by atoms with Gasteiger partial charge in [0.1, 0.15) is 11.3 Å². The molecule has 192 valence electrons. The molecule has 12 nitrogen and oxygen atoms in total. The number of nitrogens with two attached hydrogens (primary N) is 1. The minimum Gasteiger partial charge on any atom is -0.492 e. The van der Waals surface area contributed by atoms with Crippen LogP contribution >= 0.6 is 11.3 Å². The van der Waals surface area contributed by atoms with Crippen LogP contribution in [-0.4, -0.2) is 71.3 Å². The number of carboxylic acids is 1. The van der Waals surface area contributed by atoms with Crippen molar-refractivity contribution in [3.63, 3.8) is 0 Å². The van der Waals surface area contributed by atoms with Gasteiger partial charge < -0.3 is 25.0 Å². The Bertz CT molecular complexity index is 1550. The van der Waals surface area contributed by atoms with Gasteiger partial charge >= 0.3 is 5.97 Å². The average molecular weight is 539 g/mol. The zero-order valence-corrected chi connectivity index (χ0v) is 21.0. The summed E-state index contributed by atoms with van der Waals surface area (Å²) in [4.78, 5) is 26.2. The van der Waals surface area contributed by atoms with Gasteiger partial charge in [-0.3, -0.25) is 4.79 Å². The second-order valence-corrected chi connectivity index (χ2v) is 11.8.